The van der Waals surface area contributed by atoms with Crippen LogP contribution in [0.4, 0.5) is 0 Å². The summed E-state index contributed by atoms with van der Waals surface area (Å²) < 4.78 is 12.0. The Hall–Kier alpha value is -7.56. The van der Waals surface area contributed by atoms with Crippen LogP contribution in [-0.4, -0.2) is 15.8 Å². The second kappa shape index (κ2) is 11.1. The van der Waals surface area contributed by atoms with E-state index >= 15 is 0 Å². The molecule has 14 rings (SSSR count). The molecular formula is C54H31BN2O. The van der Waals surface area contributed by atoms with Gasteiger partial charge in [-0.2, -0.15) is 0 Å². The van der Waals surface area contributed by atoms with Gasteiger partial charge in [0, 0.05) is 44.0 Å². The lowest BCUT2D eigenvalue weighted by atomic mass is 9.33. The first-order chi connectivity index (χ1) is 28.8. The Balaban J connectivity index is 1.24. The van der Waals surface area contributed by atoms with E-state index in [1.165, 1.54) is 99.2 Å². The normalized spacial score (nSPS) is 12.8. The van der Waals surface area contributed by atoms with Crippen LogP contribution in [-0.2, 0) is 0 Å². The summed E-state index contributed by atoms with van der Waals surface area (Å²) in [5.74, 6) is 0. The third-order valence-corrected chi connectivity index (χ3v) is 13.1. The molecule has 58 heavy (non-hydrogen) atoms. The number of furan rings is 1. The van der Waals surface area contributed by atoms with Crippen molar-refractivity contribution >= 4 is 88.5 Å². The van der Waals surface area contributed by atoms with Crippen molar-refractivity contribution in [1.82, 2.24) is 9.13 Å². The maximum Gasteiger partial charge on any atom is 0.253 e. The van der Waals surface area contributed by atoms with E-state index < -0.39 is 0 Å². The molecule has 2 aliphatic rings. The van der Waals surface area contributed by atoms with Crippen molar-refractivity contribution in [2.24, 2.45) is 0 Å². The maximum atomic E-state index is 6.81. The molecule has 12 aromatic rings. The molecule has 0 saturated heterocycles. The summed E-state index contributed by atoms with van der Waals surface area (Å²) in [5.41, 5.74) is 19.3. The molecule has 0 radical (unpaired) electrons. The topological polar surface area (TPSA) is 23.0 Å². The molecule has 0 amide bonds. The average Bonchev–Trinajstić information content (AvgIpc) is 3.96. The monoisotopic (exact) mass is 734 g/mol. The summed E-state index contributed by atoms with van der Waals surface area (Å²) in [6, 6.07) is 69.3. The molecule has 0 aliphatic carbocycles. The molecule has 0 N–H and O–H groups in total. The van der Waals surface area contributed by atoms with Gasteiger partial charge >= 0.3 is 0 Å². The van der Waals surface area contributed by atoms with Gasteiger partial charge in [-0.3, -0.25) is 0 Å². The Labute approximate surface area is 333 Å². The fourth-order valence-corrected chi connectivity index (χ4v) is 10.8. The van der Waals surface area contributed by atoms with Gasteiger partial charge in [0.2, 0.25) is 0 Å². The van der Waals surface area contributed by atoms with Gasteiger partial charge < -0.3 is 13.6 Å². The molecule has 5 heterocycles. The molecule has 0 spiro atoms. The van der Waals surface area contributed by atoms with Crippen molar-refractivity contribution in [3.05, 3.63) is 188 Å². The fraction of sp³-hybridized carbons (Fsp3) is 0. The van der Waals surface area contributed by atoms with E-state index in [1.54, 1.807) is 0 Å². The molecule has 0 atom stereocenters. The molecule has 0 saturated carbocycles. The van der Waals surface area contributed by atoms with Crippen LogP contribution >= 0.6 is 0 Å². The molecular weight excluding hydrogens is 703 g/mol. The molecule has 3 nitrogen and oxygen atoms in total. The SMILES string of the molecule is c1ccc(-c2cc3c4c(c2)-n2c5ccc6c7ccccc7oc6c5c5cccc(c52)B4c2c4ccccc4cc4c(-c5ccccc5)c(-c5ccccc5)n-3c24)cc1. The summed E-state index contributed by atoms with van der Waals surface area (Å²) in [6.07, 6.45) is 0. The van der Waals surface area contributed by atoms with Gasteiger partial charge in [0.1, 0.15) is 11.2 Å². The predicted molar refractivity (Wildman–Crippen MR) is 243 cm³/mol. The van der Waals surface area contributed by atoms with Gasteiger partial charge in [0.05, 0.1) is 22.1 Å². The zero-order valence-corrected chi connectivity index (χ0v) is 31.3. The highest BCUT2D eigenvalue weighted by Crippen LogP contribution is 2.48. The Morgan fingerprint density at radius 2 is 1.07 bits per heavy atom. The second-order valence-corrected chi connectivity index (χ2v) is 15.9. The van der Waals surface area contributed by atoms with E-state index in [1.807, 2.05) is 0 Å². The van der Waals surface area contributed by atoms with Crippen LogP contribution in [0.25, 0.3) is 110 Å². The Bertz CT molecular complexity index is 3720. The lowest BCUT2D eigenvalue weighted by Crippen LogP contribution is -2.59. The lowest BCUT2D eigenvalue weighted by molar-refractivity contribution is 0.673. The smallest absolute Gasteiger partial charge is 0.253 e. The highest BCUT2D eigenvalue weighted by molar-refractivity contribution is 7.01. The number of benzene rings is 9. The molecule has 3 aromatic heterocycles. The van der Waals surface area contributed by atoms with Crippen molar-refractivity contribution in [3.8, 4) is 44.9 Å². The minimum atomic E-state index is -0.00949. The van der Waals surface area contributed by atoms with Crippen LogP contribution in [0.15, 0.2) is 192 Å². The molecule has 4 heteroatoms. The van der Waals surface area contributed by atoms with Gasteiger partial charge in [0.15, 0.2) is 0 Å². The Kier molecular flexibility index (Phi) is 5.84. The van der Waals surface area contributed by atoms with E-state index in [9.17, 15) is 0 Å². The molecule has 9 aromatic carbocycles. The zero-order valence-electron chi connectivity index (χ0n) is 31.3. The van der Waals surface area contributed by atoms with E-state index in [0.717, 1.165) is 27.5 Å². The average molecular weight is 735 g/mol. The van der Waals surface area contributed by atoms with Crippen molar-refractivity contribution in [3.63, 3.8) is 0 Å². The number of nitrogens with zero attached hydrogens (tertiary/aromatic N) is 2. The van der Waals surface area contributed by atoms with Crippen molar-refractivity contribution in [2.75, 3.05) is 0 Å². The summed E-state index contributed by atoms with van der Waals surface area (Å²) in [4.78, 5) is 0. The summed E-state index contributed by atoms with van der Waals surface area (Å²) in [6.45, 7) is -0.00949. The molecule has 0 fully saturated rings. The first-order valence-corrected chi connectivity index (χ1v) is 20.1. The third kappa shape index (κ3) is 3.80. The van der Waals surface area contributed by atoms with Crippen LogP contribution < -0.4 is 16.4 Å². The first-order valence-electron chi connectivity index (χ1n) is 20.1. The number of rotatable bonds is 3. The number of para-hydroxylation sites is 2. The van der Waals surface area contributed by atoms with Gasteiger partial charge in [-0.15, -0.1) is 0 Å². The highest BCUT2D eigenvalue weighted by atomic mass is 16.3. The second-order valence-electron chi connectivity index (χ2n) is 15.9. The zero-order chi connectivity index (χ0) is 37.6. The molecule has 0 bridgehead atoms. The van der Waals surface area contributed by atoms with Crippen LogP contribution in [0.5, 0.6) is 0 Å². The van der Waals surface area contributed by atoms with Gasteiger partial charge in [-0.1, -0.05) is 152 Å². The Morgan fingerprint density at radius 1 is 0.414 bits per heavy atom. The molecule has 0 unspecified atom stereocenters. The minimum Gasteiger partial charge on any atom is -0.455 e. The van der Waals surface area contributed by atoms with Gasteiger partial charge in [-0.05, 0) is 85.8 Å². The minimum absolute atomic E-state index is 0.00949. The standard InChI is InChI=1S/C54H31BN2O/c1-4-15-32(16-5-1)36-30-44-50-45(31-36)57-51(34-19-8-3-9-20-34)47(33-17-6-2-7-18-33)41-29-35-21-10-11-22-37(35)49(53(41)57)55(50)42-25-14-24-40-48-43(56(44)52(40)42)28-27-39-38-23-12-13-26-46(38)58-54(39)48/h1-31H. The summed E-state index contributed by atoms with van der Waals surface area (Å²) >= 11 is 0. The Morgan fingerprint density at radius 3 is 1.86 bits per heavy atom. The summed E-state index contributed by atoms with van der Waals surface area (Å²) in [7, 11) is 0. The summed E-state index contributed by atoms with van der Waals surface area (Å²) in [5, 5.41) is 8.52. The van der Waals surface area contributed by atoms with Crippen LogP contribution in [0, 0.1) is 0 Å². The largest absolute Gasteiger partial charge is 0.455 e. The van der Waals surface area contributed by atoms with E-state index in [2.05, 4.69) is 197 Å². The van der Waals surface area contributed by atoms with Crippen LogP contribution in [0.3, 0.4) is 0 Å². The quantitative estimate of drug-likeness (QED) is 0.166. The van der Waals surface area contributed by atoms with E-state index in [-0.39, 0.29) is 6.71 Å². The number of aromatic nitrogens is 2. The maximum absolute atomic E-state index is 6.81. The van der Waals surface area contributed by atoms with Crippen molar-refractivity contribution in [2.45, 2.75) is 0 Å². The van der Waals surface area contributed by atoms with Gasteiger partial charge in [0.25, 0.3) is 6.71 Å². The number of hydrogen-bond acceptors (Lipinski definition) is 1. The fourth-order valence-electron chi connectivity index (χ4n) is 10.8. The van der Waals surface area contributed by atoms with Crippen LogP contribution in [0.2, 0.25) is 0 Å². The number of hydrogen-bond donors (Lipinski definition) is 0. The first kappa shape index (κ1) is 30.6. The van der Waals surface area contributed by atoms with E-state index in [4.69, 9.17) is 4.42 Å². The lowest BCUT2D eigenvalue weighted by Gasteiger charge is -2.35. The molecule has 266 valence electrons. The van der Waals surface area contributed by atoms with Crippen LogP contribution in [0.1, 0.15) is 0 Å². The molecule has 2 aliphatic heterocycles. The van der Waals surface area contributed by atoms with E-state index in [0.29, 0.717) is 0 Å². The number of fused-ring (bicyclic) bond motifs is 13. The predicted octanol–water partition coefficient (Wildman–Crippen LogP) is 11.9. The third-order valence-electron chi connectivity index (χ3n) is 13.1. The van der Waals surface area contributed by atoms with Crippen molar-refractivity contribution in [1.29, 1.82) is 0 Å². The van der Waals surface area contributed by atoms with Gasteiger partial charge in [-0.25, -0.2) is 0 Å². The highest BCUT2D eigenvalue weighted by Gasteiger charge is 2.43. The van der Waals surface area contributed by atoms with Crippen molar-refractivity contribution < 1.29 is 4.42 Å².